The second kappa shape index (κ2) is 8.69. The number of aromatic amines is 1. The van der Waals surface area contributed by atoms with Gasteiger partial charge in [0.25, 0.3) is 5.91 Å². The first-order valence-electron chi connectivity index (χ1n) is 9.56. The van der Waals surface area contributed by atoms with Crippen LogP contribution in [-0.4, -0.2) is 21.9 Å². The minimum absolute atomic E-state index is 0.0630. The number of carbonyl (C=O) groups is 2. The number of hydrogen-bond acceptors (Lipinski definition) is 3. The zero-order chi connectivity index (χ0) is 21.8. The van der Waals surface area contributed by atoms with Gasteiger partial charge in [-0.05, 0) is 53.8 Å². The number of aromatic nitrogens is 2. The lowest BCUT2D eigenvalue weighted by atomic mass is 9.98. The Morgan fingerprint density at radius 3 is 2.40 bits per heavy atom. The van der Waals surface area contributed by atoms with Gasteiger partial charge in [0, 0.05) is 12.1 Å². The van der Waals surface area contributed by atoms with Crippen molar-refractivity contribution in [2.45, 2.75) is 33.1 Å². The summed E-state index contributed by atoms with van der Waals surface area (Å²) in [5, 5.41) is 16.6. The highest BCUT2D eigenvalue weighted by molar-refractivity contribution is 6.04. The number of urea groups is 1. The minimum atomic E-state index is -0.764. The third-order valence-electron chi connectivity index (χ3n) is 4.67. The third-order valence-corrected chi connectivity index (χ3v) is 4.67. The fourth-order valence-electron chi connectivity index (χ4n) is 3.25. The molecular weight excluding hydrogens is 382 g/mol. The van der Waals surface area contributed by atoms with Crippen LogP contribution in [0.25, 0.3) is 0 Å². The Bertz CT molecular complexity index is 1070. The molecule has 0 unspecified atom stereocenters. The molecule has 3 rings (SSSR count). The number of nitrogens with one attached hydrogen (secondary N) is 3. The quantitative estimate of drug-likeness (QED) is 0.486. The summed E-state index contributed by atoms with van der Waals surface area (Å²) < 4.78 is 0. The molecule has 8 nitrogen and oxygen atoms in total. The largest absolute Gasteiger partial charge is 0.364 e. The van der Waals surface area contributed by atoms with E-state index in [9.17, 15) is 14.7 Å². The van der Waals surface area contributed by atoms with Gasteiger partial charge in [-0.15, -0.1) is 0 Å². The van der Waals surface area contributed by atoms with Crippen molar-refractivity contribution in [3.8, 4) is 5.75 Å². The molecule has 1 heterocycles. The smallest absolute Gasteiger partial charge is 0.324 e. The average Bonchev–Trinajstić information content (AvgIpc) is 3.05. The summed E-state index contributed by atoms with van der Waals surface area (Å²) in [6.07, 6.45) is 0.347. The van der Waals surface area contributed by atoms with Crippen LogP contribution in [0, 0.1) is 6.92 Å². The lowest BCUT2D eigenvalue weighted by Crippen LogP contribution is -2.22. The number of H-pyrrole nitrogens is 1. The molecule has 0 saturated heterocycles. The van der Waals surface area contributed by atoms with Crippen LogP contribution in [0.5, 0.6) is 5.75 Å². The fourth-order valence-corrected chi connectivity index (χ4v) is 3.25. The highest BCUT2D eigenvalue weighted by Crippen LogP contribution is 2.23. The second-order valence-electron chi connectivity index (χ2n) is 7.40. The maximum absolute atomic E-state index is 12.4. The van der Waals surface area contributed by atoms with Gasteiger partial charge in [0.1, 0.15) is 11.6 Å². The Morgan fingerprint density at radius 2 is 1.80 bits per heavy atom. The topological polar surface area (TPSA) is 133 Å². The van der Waals surface area contributed by atoms with Crippen LogP contribution in [0.2, 0.25) is 0 Å². The lowest BCUT2D eigenvalue weighted by Gasteiger charge is -2.12. The number of nitrogens with two attached hydrogens (primary N) is 1. The molecule has 1 aromatic heterocycles. The van der Waals surface area contributed by atoms with Gasteiger partial charge in [-0.25, -0.2) is 9.78 Å². The van der Waals surface area contributed by atoms with Gasteiger partial charge in [0.2, 0.25) is 0 Å². The Labute approximate surface area is 174 Å². The highest BCUT2D eigenvalue weighted by Gasteiger charge is 2.18. The summed E-state index contributed by atoms with van der Waals surface area (Å²) in [5.74, 6) is 0.0895. The predicted molar refractivity (Wildman–Crippen MR) is 114 cm³/mol. The van der Waals surface area contributed by atoms with E-state index >= 15 is 0 Å². The van der Waals surface area contributed by atoms with Crippen LogP contribution < -0.4 is 16.4 Å². The van der Waals surface area contributed by atoms with Gasteiger partial charge >= 0.3 is 6.03 Å². The Hall–Kier alpha value is -3.81. The van der Waals surface area contributed by atoms with E-state index in [0.29, 0.717) is 23.9 Å². The zero-order valence-electron chi connectivity index (χ0n) is 17.1. The number of hydrogen-bond donors (Lipinski definition) is 4. The first-order valence-corrected chi connectivity index (χ1v) is 9.56. The van der Waals surface area contributed by atoms with Crippen LogP contribution in [0.1, 0.15) is 52.8 Å². The van der Waals surface area contributed by atoms with Crippen LogP contribution >= 0.6 is 0 Å². The molecule has 0 aliphatic rings. The number of imidazole rings is 1. The molecule has 0 aliphatic carbocycles. The van der Waals surface area contributed by atoms with E-state index < -0.39 is 11.9 Å². The monoisotopic (exact) mass is 406 g/mol. The zero-order valence-corrected chi connectivity index (χ0v) is 17.1. The van der Waals surface area contributed by atoms with Crippen LogP contribution in [0.3, 0.4) is 0 Å². The molecule has 3 amide bonds. The van der Waals surface area contributed by atoms with Gasteiger partial charge in [0.15, 0.2) is 11.4 Å². The van der Waals surface area contributed by atoms with E-state index in [4.69, 9.17) is 5.73 Å². The molecule has 1 radical (unpaired) electrons. The molecule has 8 heteroatoms. The summed E-state index contributed by atoms with van der Waals surface area (Å²) in [6, 6.07) is 11.4. The van der Waals surface area contributed by atoms with Crippen LogP contribution in [0.15, 0.2) is 42.5 Å². The number of benzene rings is 2. The Morgan fingerprint density at radius 1 is 1.10 bits per heavy atom. The van der Waals surface area contributed by atoms with Crippen molar-refractivity contribution in [1.29, 1.82) is 0 Å². The molecule has 5 N–H and O–H groups in total. The van der Waals surface area contributed by atoms with Crippen molar-refractivity contribution in [3.05, 3.63) is 70.7 Å². The minimum Gasteiger partial charge on any atom is -0.364 e. The van der Waals surface area contributed by atoms with Crippen LogP contribution in [0.4, 0.5) is 16.3 Å². The lowest BCUT2D eigenvalue weighted by molar-refractivity contribution is 0.0997. The Kier molecular flexibility index (Phi) is 6.06. The fraction of sp³-hybridized carbons (Fsp3) is 0.227. The normalized spacial score (nSPS) is 10.8. The van der Waals surface area contributed by atoms with Crippen molar-refractivity contribution < 1.29 is 14.7 Å². The van der Waals surface area contributed by atoms with Crippen molar-refractivity contribution in [2.24, 2.45) is 5.73 Å². The van der Waals surface area contributed by atoms with E-state index in [2.05, 4.69) is 34.4 Å². The maximum Gasteiger partial charge on any atom is 0.324 e. The van der Waals surface area contributed by atoms with E-state index in [1.165, 1.54) is 17.7 Å². The Balaban J connectivity index is 1.74. The maximum atomic E-state index is 12.4. The van der Waals surface area contributed by atoms with E-state index in [0.717, 1.165) is 11.1 Å². The molecular formula is C22H24N5O3. The van der Waals surface area contributed by atoms with Crippen LogP contribution in [-0.2, 0) is 11.5 Å². The van der Waals surface area contributed by atoms with Gasteiger partial charge in [-0.3, -0.25) is 15.2 Å². The van der Waals surface area contributed by atoms with E-state index in [1.54, 1.807) is 12.1 Å². The number of primary amides is 1. The number of anilines is 2. The molecule has 0 spiro atoms. The van der Waals surface area contributed by atoms with Crippen molar-refractivity contribution in [3.63, 3.8) is 0 Å². The number of aryl methyl sites for hydroxylation is 1. The highest BCUT2D eigenvalue weighted by atomic mass is 16.3. The predicted octanol–water partition coefficient (Wildman–Crippen LogP) is 4.32. The molecule has 0 atom stereocenters. The number of nitrogens with zero attached hydrogens (tertiary/aromatic N) is 1. The summed E-state index contributed by atoms with van der Waals surface area (Å²) in [4.78, 5) is 31.3. The summed E-state index contributed by atoms with van der Waals surface area (Å²) in [6.45, 7) is 6.21. The third kappa shape index (κ3) is 4.96. The molecule has 155 valence electrons. The first kappa shape index (κ1) is 20.9. The molecule has 0 aliphatic heterocycles. The first-order chi connectivity index (χ1) is 14.2. The molecule has 0 fully saturated rings. The van der Waals surface area contributed by atoms with Gasteiger partial charge in [0.05, 0.1) is 0 Å². The van der Waals surface area contributed by atoms with Crippen molar-refractivity contribution in [2.75, 3.05) is 10.6 Å². The summed E-state index contributed by atoms with van der Waals surface area (Å²) >= 11 is 0. The van der Waals surface area contributed by atoms with Gasteiger partial charge < -0.3 is 16.0 Å². The van der Waals surface area contributed by atoms with Gasteiger partial charge in [-0.1, -0.05) is 32.0 Å². The number of amides is 3. The molecule has 30 heavy (non-hydrogen) atoms. The molecule has 2 aromatic carbocycles. The summed E-state index contributed by atoms with van der Waals surface area (Å²) in [5.41, 5.74) is 9.08. The molecule has 0 saturated carbocycles. The number of rotatable bonds is 6. The van der Waals surface area contributed by atoms with Crippen molar-refractivity contribution in [1.82, 2.24) is 9.97 Å². The second-order valence-corrected chi connectivity index (χ2v) is 7.40. The standard InChI is InChI=1S/C22H24N5O3/c1-12(2)17-9-6-15(10-13(17)3)24-22(30)27-21-19(20(23)29)25-18(26-21)11-14-4-7-16(28)8-5-14/h4-10,12H,11H2,1-3H3,(H2,23,29)(H,25,26)(H2,24,27,30). The van der Waals surface area contributed by atoms with E-state index in [-0.39, 0.29) is 17.3 Å². The molecule has 3 aromatic rings. The molecule has 0 bridgehead atoms. The SMILES string of the molecule is Cc1cc(NC(=O)Nc2[nH]c(Cc3ccc([O])cc3)nc2C(N)=O)ccc1C(C)C. The van der Waals surface area contributed by atoms with Crippen molar-refractivity contribution >= 4 is 23.4 Å². The summed E-state index contributed by atoms with van der Waals surface area (Å²) in [7, 11) is 0. The van der Waals surface area contributed by atoms with Gasteiger partial charge in [-0.2, -0.15) is 0 Å². The number of carbonyl (C=O) groups excluding carboxylic acids is 2. The van der Waals surface area contributed by atoms with E-state index in [1.807, 2.05) is 25.1 Å². The average molecular weight is 406 g/mol.